The van der Waals surface area contributed by atoms with Crippen LogP contribution in [0.1, 0.15) is 29.7 Å². The van der Waals surface area contributed by atoms with Crippen LogP contribution in [-0.2, 0) is 16.0 Å². The Morgan fingerprint density at radius 1 is 1.15 bits per heavy atom. The number of aliphatic hydroxyl groups is 1. The number of methoxy groups -OCH3 is 2. The molecule has 3 heterocycles. The third kappa shape index (κ3) is 3.49. The van der Waals surface area contributed by atoms with Crippen molar-refractivity contribution in [2.75, 3.05) is 19.1 Å². The Hall–Kier alpha value is -3.85. The Labute approximate surface area is 200 Å². The monoisotopic (exact) mass is 478 g/mol. The van der Waals surface area contributed by atoms with Crippen molar-refractivity contribution in [3.8, 4) is 17.2 Å². The number of hydrogen-bond donors (Lipinski definition) is 1. The van der Waals surface area contributed by atoms with Gasteiger partial charge in [-0.2, -0.15) is 0 Å². The van der Waals surface area contributed by atoms with Crippen molar-refractivity contribution >= 4 is 33.9 Å². The van der Waals surface area contributed by atoms with Gasteiger partial charge >= 0.3 is 5.91 Å². The zero-order valence-electron chi connectivity index (χ0n) is 18.8. The molecule has 1 fully saturated rings. The first-order valence-electron chi connectivity index (χ1n) is 10.6. The smallest absolute Gasteiger partial charge is 0.301 e. The van der Waals surface area contributed by atoms with Crippen molar-refractivity contribution in [2.45, 2.75) is 25.5 Å². The minimum absolute atomic E-state index is 0.0145. The molecule has 1 aromatic heterocycles. The standard InChI is InChI=1S/C25H22N2O6S/c1-13-10-16-11-15(5-6-17(16)33-13)22(28)20-21(14-4-7-18(31-2)19(12-14)32-3)27(24(30)23(20)29)25-26-8-9-34-25/h4-9,11-13,21,28H,10H2,1-3H3/b22-20+/t13-,21+/m1/s1. The number of carbonyl (C=O) groups excluding carboxylic acids is 2. The topological polar surface area (TPSA) is 98.2 Å². The van der Waals surface area contributed by atoms with E-state index in [9.17, 15) is 14.7 Å². The highest BCUT2D eigenvalue weighted by Crippen LogP contribution is 2.45. The highest BCUT2D eigenvalue weighted by atomic mass is 32.1. The number of rotatable bonds is 5. The number of ether oxygens (including phenoxy) is 3. The van der Waals surface area contributed by atoms with Gasteiger partial charge in [-0.3, -0.25) is 14.5 Å². The summed E-state index contributed by atoms with van der Waals surface area (Å²) >= 11 is 1.23. The molecule has 2 aliphatic heterocycles. The van der Waals surface area contributed by atoms with E-state index < -0.39 is 17.7 Å². The number of amides is 1. The lowest BCUT2D eigenvalue weighted by molar-refractivity contribution is -0.132. The first kappa shape index (κ1) is 22.0. The van der Waals surface area contributed by atoms with Crippen LogP contribution < -0.4 is 19.1 Å². The van der Waals surface area contributed by atoms with Crippen molar-refractivity contribution in [3.05, 3.63) is 70.2 Å². The summed E-state index contributed by atoms with van der Waals surface area (Å²) in [5.41, 5.74) is 1.94. The number of nitrogens with zero attached hydrogens (tertiary/aromatic N) is 2. The zero-order valence-corrected chi connectivity index (χ0v) is 19.6. The van der Waals surface area contributed by atoms with E-state index in [-0.39, 0.29) is 17.4 Å². The van der Waals surface area contributed by atoms with Crippen LogP contribution in [0.25, 0.3) is 5.76 Å². The molecule has 2 aromatic carbocycles. The number of ketones is 1. The summed E-state index contributed by atoms with van der Waals surface area (Å²) in [4.78, 5) is 32.0. The lowest BCUT2D eigenvalue weighted by atomic mass is 9.94. The number of carbonyl (C=O) groups is 2. The Balaban J connectivity index is 1.69. The van der Waals surface area contributed by atoms with Crippen LogP contribution >= 0.6 is 11.3 Å². The summed E-state index contributed by atoms with van der Waals surface area (Å²) in [6.07, 6.45) is 2.30. The van der Waals surface area contributed by atoms with Crippen LogP contribution in [0.3, 0.4) is 0 Å². The van der Waals surface area contributed by atoms with Gasteiger partial charge in [0.05, 0.1) is 25.8 Å². The predicted molar refractivity (Wildman–Crippen MR) is 127 cm³/mol. The van der Waals surface area contributed by atoms with E-state index in [4.69, 9.17) is 14.2 Å². The highest BCUT2D eigenvalue weighted by Gasteiger charge is 2.48. The Bertz CT molecular complexity index is 1320. The lowest BCUT2D eigenvalue weighted by Gasteiger charge is -2.23. The molecule has 0 spiro atoms. The lowest BCUT2D eigenvalue weighted by Crippen LogP contribution is -2.29. The van der Waals surface area contributed by atoms with Crippen molar-refractivity contribution in [1.29, 1.82) is 0 Å². The Morgan fingerprint density at radius 2 is 1.94 bits per heavy atom. The second kappa shape index (κ2) is 8.49. The first-order chi connectivity index (χ1) is 16.4. The van der Waals surface area contributed by atoms with Gasteiger partial charge < -0.3 is 19.3 Å². The molecular formula is C25H22N2O6S. The quantitative estimate of drug-likeness (QED) is 0.335. The number of Topliss-reactive ketones (excluding diaryl/α,β-unsaturated/α-hetero) is 1. The number of benzene rings is 2. The van der Waals surface area contributed by atoms with Crippen LogP contribution in [0.15, 0.2) is 53.5 Å². The van der Waals surface area contributed by atoms with E-state index in [1.54, 1.807) is 48.0 Å². The molecule has 2 atom stereocenters. The zero-order chi connectivity index (χ0) is 24.0. The molecule has 5 rings (SSSR count). The average molecular weight is 479 g/mol. The van der Waals surface area contributed by atoms with Gasteiger partial charge in [-0.25, -0.2) is 4.98 Å². The fourth-order valence-electron chi connectivity index (χ4n) is 4.43. The SMILES string of the molecule is COc1ccc([C@H]2/C(=C(\O)c3ccc4c(c3)C[C@@H](C)O4)C(=O)C(=O)N2c2nccs2)cc1OC. The van der Waals surface area contributed by atoms with Gasteiger partial charge in [0.25, 0.3) is 5.78 Å². The number of aliphatic hydroxyl groups excluding tert-OH is 1. The van der Waals surface area contributed by atoms with Crippen molar-refractivity contribution in [3.63, 3.8) is 0 Å². The van der Waals surface area contributed by atoms with E-state index >= 15 is 0 Å². The molecule has 2 aliphatic rings. The molecule has 1 saturated heterocycles. The van der Waals surface area contributed by atoms with Crippen LogP contribution in [0.4, 0.5) is 5.13 Å². The molecule has 174 valence electrons. The number of fused-ring (bicyclic) bond motifs is 1. The molecular weight excluding hydrogens is 456 g/mol. The molecule has 9 heteroatoms. The molecule has 0 radical (unpaired) electrons. The van der Waals surface area contributed by atoms with Crippen LogP contribution in [0, 0.1) is 0 Å². The molecule has 0 saturated carbocycles. The number of thiazole rings is 1. The first-order valence-corrected chi connectivity index (χ1v) is 11.5. The molecule has 1 amide bonds. The van der Waals surface area contributed by atoms with E-state index in [1.165, 1.54) is 30.5 Å². The second-order valence-electron chi connectivity index (χ2n) is 8.05. The summed E-state index contributed by atoms with van der Waals surface area (Å²) in [6.45, 7) is 1.97. The molecule has 0 aliphatic carbocycles. The highest BCUT2D eigenvalue weighted by molar-refractivity contribution is 7.14. The number of aromatic nitrogens is 1. The van der Waals surface area contributed by atoms with Crippen molar-refractivity contribution < 1.29 is 28.9 Å². The van der Waals surface area contributed by atoms with E-state index in [1.807, 2.05) is 6.92 Å². The minimum Gasteiger partial charge on any atom is -0.507 e. The largest absolute Gasteiger partial charge is 0.507 e. The van der Waals surface area contributed by atoms with E-state index in [2.05, 4.69) is 4.98 Å². The minimum atomic E-state index is -0.894. The van der Waals surface area contributed by atoms with E-state index in [0.717, 1.165) is 11.3 Å². The molecule has 8 nitrogen and oxygen atoms in total. The second-order valence-corrected chi connectivity index (χ2v) is 8.93. The molecule has 0 unspecified atom stereocenters. The summed E-state index contributed by atoms with van der Waals surface area (Å²) in [5.74, 6) is -0.0890. The average Bonchev–Trinajstić information content (AvgIpc) is 3.56. The van der Waals surface area contributed by atoms with Gasteiger partial charge in [-0.1, -0.05) is 6.07 Å². The maximum Gasteiger partial charge on any atom is 0.301 e. The predicted octanol–water partition coefficient (Wildman–Crippen LogP) is 4.11. The molecule has 1 N–H and O–H groups in total. The van der Waals surface area contributed by atoms with Crippen molar-refractivity contribution in [1.82, 2.24) is 4.98 Å². The van der Waals surface area contributed by atoms with Gasteiger partial charge in [0, 0.05) is 23.6 Å². The maximum atomic E-state index is 13.3. The Morgan fingerprint density at radius 3 is 2.65 bits per heavy atom. The van der Waals surface area contributed by atoms with Gasteiger partial charge in [0.2, 0.25) is 0 Å². The van der Waals surface area contributed by atoms with Crippen LogP contribution in [0.2, 0.25) is 0 Å². The molecule has 34 heavy (non-hydrogen) atoms. The summed E-state index contributed by atoms with van der Waals surface area (Å²) in [7, 11) is 3.03. The van der Waals surface area contributed by atoms with Crippen LogP contribution in [0.5, 0.6) is 17.2 Å². The van der Waals surface area contributed by atoms with E-state index in [0.29, 0.717) is 34.2 Å². The normalized spacial score (nSPS) is 20.9. The fourth-order valence-corrected chi connectivity index (χ4v) is 5.09. The Kier molecular flexibility index (Phi) is 5.49. The number of anilines is 1. The summed E-state index contributed by atoms with van der Waals surface area (Å²) < 4.78 is 16.5. The van der Waals surface area contributed by atoms with Gasteiger partial charge in [0.15, 0.2) is 16.6 Å². The summed E-state index contributed by atoms with van der Waals surface area (Å²) in [6, 6.07) is 9.51. The van der Waals surface area contributed by atoms with Gasteiger partial charge in [-0.05, 0) is 48.4 Å². The van der Waals surface area contributed by atoms with Gasteiger partial charge in [0.1, 0.15) is 17.6 Å². The van der Waals surface area contributed by atoms with Crippen molar-refractivity contribution in [2.24, 2.45) is 0 Å². The third-order valence-corrected chi connectivity index (χ3v) is 6.73. The summed E-state index contributed by atoms with van der Waals surface area (Å²) in [5, 5.41) is 13.4. The van der Waals surface area contributed by atoms with Gasteiger partial charge in [-0.15, -0.1) is 11.3 Å². The maximum absolute atomic E-state index is 13.3. The number of hydrogen-bond acceptors (Lipinski definition) is 8. The third-order valence-electron chi connectivity index (χ3n) is 5.96. The fraction of sp³-hybridized carbons (Fsp3) is 0.240. The molecule has 3 aromatic rings. The van der Waals surface area contributed by atoms with Crippen LogP contribution in [-0.4, -0.2) is 42.1 Å². The molecule has 0 bridgehead atoms.